The SMILES string of the molecule is NCCCC(O)COc1cccc(Cl)c1. The maximum Gasteiger partial charge on any atom is 0.120 e. The molecule has 3 nitrogen and oxygen atoms in total. The van der Waals surface area contributed by atoms with Crippen molar-refractivity contribution in [3.8, 4) is 5.75 Å². The van der Waals surface area contributed by atoms with E-state index in [-0.39, 0.29) is 6.61 Å². The standard InChI is InChI=1S/C11H16ClNO2/c12-9-3-1-5-11(7-9)15-8-10(14)4-2-6-13/h1,3,5,7,10,14H,2,4,6,8,13H2. The highest BCUT2D eigenvalue weighted by atomic mass is 35.5. The van der Waals surface area contributed by atoms with Gasteiger partial charge >= 0.3 is 0 Å². The van der Waals surface area contributed by atoms with Crippen LogP contribution in [0.4, 0.5) is 0 Å². The van der Waals surface area contributed by atoms with Crippen LogP contribution >= 0.6 is 11.6 Å². The lowest BCUT2D eigenvalue weighted by atomic mass is 10.2. The first-order valence-corrected chi connectivity index (χ1v) is 5.36. The third kappa shape index (κ3) is 5.02. The van der Waals surface area contributed by atoms with E-state index in [2.05, 4.69) is 0 Å². The van der Waals surface area contributed by atoms with Crippen molar-refractivity contribution in [3.05, 3.63) is 29.3 Å². The van der Waals surface area contributed by atoms with Crippen LogP contribution in [0.5, 0.6) is 5.75 Å². The average molecular weight is 230 g/mol. The summed E-state index contributed by atoms with van der Waals surface area (Å²) in [7, 11) is 0. The van der Waals surface area contributed by atoms with Crippen molar-refractivity contribution in [1.82, 2.24) is 0 Å². The number of aliphatic hydroxyl groups is 1. The van der Waals surface area contributed by atoms with Crippen molar-refractivity contribution in [1.29, 1.82) is 0 Å². The molecule has 4 heteroatoms. The molecule has 0 saturated carbocycles. The van der Waals surface area contributed by atoms with Crippen LogP contribution in [0.2, 0.25) is 5.02 Å². The van der Waals surface area contributed by atoms with Gasteiger partial charge in [0.05, 0.1) is 6.10 Å². The number of benzene rings is 1. The Bertz CT molecular complexity index is 294. The molecule has 1 aromatic carbocycles. The minimum Gasteiger partial charge on any atom is -0.491 e. The Hall–Kier alpha value is -0.770. The number of nitrogens with two attached hydrogens (primary N) is 1. The fourth-order valence-electron chi connectivity index (χ4n) is 1.19. The molecule has 1 aromatic rings. The second-order valence-corrected chi connectivity index (χ2v) is 3.79. The topological polar surface area (TPSA) is 55.5 Å². The summed E-state index contributed by atoms with van der Waals surface area (Å²) in [5.74, 6) is 0.675. The van der Waals surface area contributed by atoms with Crippen molar-refractivity contribution >= 4 is 11.6 Å². The van der Waals surface area contributed by atoms with Crippen LogP contribution in [0.15, 0.2) is 24.3 Å². The number of hydrogen-bond donors (Lipinski definition) is 2. The second-order valence-electron chi connectivity index (χ2n) is 3.35. The van der Waals surface area contributed by atoms with Crippen LogP contribution in [-0.4, -0.2) is 24.4 Å². The fourth-order valence-corrected chi connectivity index (χ4v) is 1.37. The molecule has 0 aliphatic carbocycles. The van der Waals surface area contributed by atoms with Gasteiger partial charge < -0.3 is 15.6 Å². The summed E-state index contributed by atoms with van der Waals surface area (Å²) >= 11 is 5.78. The molecule has 3 N–H and O–H groups in total. The Morgan fingerprint density at radius 2 is 2.27 bits per heavy atom. The van der Waals surface area contributed by atoms with Gasteiger partial charge in [-0.3, -0.25) is 0 Å². The molecule has 0 saturated heterocycles. The van der Waals surface area contributed by atoms with E-state index < -0.39 is 6.10 Å². The Kier molecular flexibility index (Phi) is 5.47. The zero-order chi connectivity index (χ0) is 11.1. The fraction of sp³-hybridized carbons (Fsp3) is 0.455. The van der Waals surface area contributed by atoms with Gasteiger partial charge in [0.15, 0.2) is 0 Å². The first kappa shape index (κ1) is 12.3. The average Bonchev–Trinajstić information content (AvgIpc) is 2.23. The van der Waals surface area contributed by atoms with E-state index >= 15 is 0 Å². The van der Waals surface area contributed by atoms with Crippen LogP contribution in [0.1, 0.15) is 12.8 Å². The Morgan fingerprint density at radius 1 is 1.47 bits per heavy atom. The highest BCUT2D eigenvalue weighted by molar-refractivity contribution is 6.30. The van der Waals surface area contributed by atoms with Crippen LogP contribution in [-0.2, 0) is 0 Å². The van der Waals surface area contributed by atoms with E-state index in [4.69, 9.17) is 22.1 Å². The van der Waals surface area contributed by atoms with Crippen molar-refractivity contribution in [2.45, 2.75) is 18.9 Å². The van der Waals surface area contributed by atoms with Gasteiger partial charge in [0.1, 0.15) is 12.4 Å². The minimum absolute atomic E-state index is 0.278. The van der Waals surface area contributed by atoms with Gasteiger partial charge in [-0.05, 0) is 37.6 Å². The molecule has 0 bridgehead atoms. The molecule has 1 atom stereocenters. The maximum absolute atomic E-state index is 9.50. The summed E-state index contributed by atoms with van der Waals surface area (Å²) in [6, 6.07) is 7.11. The number of hydrogen-bond acceptors (Lipinski definition) is 3. The smallest absolute Gasteiger partial charge is 0.120 e. The number of halogens is 1. The third-order valence-corrected chi connectivity index (χ3v) is 2.22. The molecule has 15 heavy (non-hydrogen) atoms. The normalized spacial score (nSPS) is 12.5. The number of aliphatic hydroxyl groups excluding tert-OH is 1. The lowest BCUT2D eigenvalue weighted by molar-refractivity contribution is 0.0987. The van der Waals surface area contributed by atoms with Crippen LogP contribution < -0.4 is 10.5 Å². The van der Waals surface area contributed by atoms with Gasteiger partial charge in [-0.1, -0.05) is 17.7 Å². The molecule has 0 aliphatic rings. The molecule has 0 amide bonds. The number of rotatable bonds is 6. The van der Waals surface area contributed by atoms with E-state index in [9.17, 15) is 5.11 Å². The summed E-state index contributed by atoms with van der Waals surface area (Å²) < 4.78 is 5.37. The summed E-state index contributed by atoms with van der Waals surface area (Å²) in [5.41, 5.74) is 5.33. The predicted molar refractivity (Wildman–Crippen MR) is 61.2 cm³/mol. The van der Waals surface area contributed by atoms with Crippen LogP contribution in [0, 0.1) is 0 Å². The monoisotopic (exact) mass is 229 g/mol. The lowest BCUT2D eigenvalue weighted by Crippen LogP contribution is -2.18. The van der Waals surface area contributed by atoms with Gasteiger partial charge in [0.2, 0.25) is 0 Å². The van der Waals surface area contributed by atoms with Crippen LogP contribution in [0.25, 0.3) is 0 Å². The van der Waals surface area contributed by atoms with E-state index in [0.29, 0.717) is 23.7 Å². The predicted octanol–water partition coefficient (Wildman–Crippen LogP) is 1.82. The third-order valence-electron chi connectivity index (χ3n) is 1.98. The Labute approximate surface area is 94.8 Å². The second kappa shape index (κ2) is 6.67. The number of ether oxygens (including phenoxy) is 1. The molecule has 1 rings (SSSR count). The van der Waals surface area contributed by atoms with Gasteiger partial charge in [-0.15, -0.1) is 0 Å². The summed E-state index contributed by atoms with van der Waals surface area (Å²) in [4.78, 5) is 0. The van der Waals surface area contributed by atoms with Crippen molar-refractivity contribution in [3.63, 3.8) is 0 Å². The molecular formula is C11H16ClNO2. The zero-order valence-electron chi connectivity index (χ0n) is 8.53. The van der Waals surface area contributed by atoms with Crippen LogP contribution in [0.3, 0.4) is 0 Å². The quantitative estimate of drug-likeness (QED) is 0.783. The molecule has 0 aliphatic heterocycles. The maximum atomic E-state index is 9.50. The zero-order valence-corrected chi connectivity index (χ0v) is 9.28. The molecular weight excluding hydrogens is 214 g/mol. The molecule has 84 valence electrons. The van der Waals surface area contributed by atoms with E-state index in [1.165, 1.54) is 0 Å². The van der Waals surface area contributed by atoms with Crippen molar-refractivity contribution in [2.24, 2.45) is 5.73 Å². The van der Waals surface area contributed by atoms with Crippen molar-refractivity contribution < 1.29 is 9.84 Å². The summed E-state index contributed by atoms with van der Waals surface area (Å²) in [6.07, 6.45) is 1.00. The molecule has 0 fully saturated rings. The molecule has 0 heterocycles. The first-order chi connectivity index (χ1) is 7.22. The van der Waals surface area contributed by atoms with E-state index in [0.717, 1.165) is 6.42 Å². The Balaban J connectivity index is 2.30. The van der Waals surface area contributed by atoms with E-state index in [1.807, 2.05) is 12.1 Å². The molecule has 0 aromatic heterocycles. The summed E-state index contributed by atoms with van der Waals surface area (Å²) in [6.45, 7) is 0.870. The summed E-state index contributed by atoms with van der Waals surface area (Å²) in [5, 5.41) is 10.1. The van der Waals surface area contributed by atoms with Gasteiger partial charge in [0.25, 0.3) is 0 Å². The first-order valence-electron chi connectivity index (χ1n) is 4.99. The van der Waals surface area contributed by atoms with E-state index in [1.54, 1.807) is 12.1 Å². The Morgan fingerprint density at radius 3 is 2.93 bits per heavy atom. The highest BCUT2D eigenvalue weighted by Gasteiger charge is 2.04. The van der Waals surface area contributed by atoms with Gasteiger partial charge in [-0.2, -0.15) is 0 Å². The minimum atomic E-state index is -0.465. The molecule has 0 spiro atoms. The molecule has 1 unspecified atom stereocenters. The lowest BCUT2D eigenvalue weighted by Gasteiger charge is -2.11. The van der Waals surface area contributed by atoms with Gasteiger partial charge in [-0.25, -0.2) is 0 Å². The molecule has 0 radical (unpaired) electrons. The largest absolute Gasteiger partial charge is 0.491 e. The van der Waals surface area contributed by atoms with Crippen molar-refractivity contribution in [2.75, 3.05) is 13.2 Å². The van der Waals surface area contributed by atoms with Gasteiger partial charge in [0, 0.05) is 5.02 Å². The highest BCUT2D eigenvalue weighted by Crippen LogP contribution is 2.17.